The Morgan fingerprint density at radius 2 is 2.27 bits per heavy atom. The molecule has 88 valence electrons. The number of rotatable bonds is 5. The van der Waals surface area contributed by atoms with Crippen molar-refractivity contribution in [1.82, 2.24) is 5.32 Å². The van der Waals surface area contributed by atoms with Crippen LogP contribution in [0, 0.1) is 5.92 Å². The van der Waals surface area contributed by atoms with E-state index in [0.29, 0.717) is 25.7 Å². The molecule has 0 radical (unpaired) electrons. The highest BCUT2D eigenvalue weighted by atomic mass is 35.5. The first-order valence-corrected chi connectivity index (χ1v) is 5.74. The van der Waals surface area contributed by atoms with Crippen LogP contribution in [0.15, 0.2) is 0 Å². The van der Waals surface area contributed by atoms with Crippen molar-refractivity contribution in [2.75, 3.05) is 32.8 Å². The maximum absolute atomic E-state index is 11.8. The average Bonchev–Trinajstić information content (AvgIpc) is 2.29. The molecule has 0 saturated carbocycles. The SMILES string of the molecule is COCC(CCl)NC(=O)C1CCOCC1. The fraction of sp³-hybridized carbons (Fsp3) is 0.900. The summed E-state index contributed by atoms with van der Waals surface area (Å²) in [6, 6.07) is -0.0907. The van der Waals surface area contributed by atoms with E-state index in [0.717, 1.165) is 12.8 Å². The molecular weight excluding hydrogens is 218 g/mol. The summed E-state index contributed by atoms with van der Waals surface area (Å²) in [6.07, 6.45) is 1.60. The number of carbonyl (C=O) groups is 1. The highest BCUT2D eigenvalue weighted by molar-refractivity contribution is 6.18. The molecule has 1 unspecified atom stereocenters. The summed E-state index contributed by atoms with van der Waals surface area (Å²) < 4.78 is 10.2. The van der Waals surface area contributed by atoms with Crippen LogP contribution in [0.25, 0.3) is 0 Å². The van der Waals surface area contributed by atoms with Crippen LogP contribution in [0.4, 0.5) is 0 Å². The lowest BCUT2D eigenvalue weighted by Gasteiger charge is -2.23. The predicted molar refractivity (Wildman–Crippen MR) is 58.1 cm³/mol. The van der Waals surface area contributed by atoms with Gasteiger partial charge in [-0.05, 0) is 12.8 Å². The largest absolute Gasteiger partial charge is 0.383 e. The van der Waals surface area contributed by atoms with Crippen LogP contribution >= 0.6 is 11.6 Å². The third kappa shape index (κ3) is 4.36. The van der Waals surface area contributed by atoms with Gasteiger partial charge in [0.2, 0.25) is 5.91 Å². The third-order valence-electron chi connectivity index (χ3n) is 2.49. The molecule has 0 bridgehead atoms. The number of hydrogen-bond donors (Lipinski definition) is 1. The molecule has 5 heteroatoms. The van der Waals surface area contributed by atoms with Crippen LogP contribution < -0.4 is 5.32 Å². The Bertz CT molecular complexity index is 195. The van der Waals surface area contributed by atoms with Gasteiger partial charge in [-0.15, -0.1) is 11.6 Å². The van der Waals surface area contributed by atoms with Crippen LogP contribution in [0.2, 0.25) is 0 Å². The van der Waals surface area contributed by atoms with Gasteiger partial charge in [0.1, 0.15) is 0 Å². The molecule has 1 heterocycles. The van der Waals surface area contributed by atoms with E-state index in [1.807, 2.05) is 0 Å². The maximum Gasteiger partial charge on any atom is 0.223 e. The number of carbonyl (C=O) groups excluding carboxylic acids is 1. The fourth-order valence-electron chi connectivity index (χ4n) is 1.60. The van der Waals surface area contributed by atoms with Gasteiger partial charge >= 0.3 is 0 Å². The minimum atomic E-state index is -0.0907. The molecule has 1 fully saturated rings. The topological polar surface area (TPSA) is 47.6 Å². The van der Waals surface area contributed by atoms with Gasteiger partial charge in [-0.3, -0.25) is 4.79 Å². The summed E-state index contributed by atoms with van der Waals surface area (Å²) in [5.41, 5.74) is 0. The second kappa shape index (κ2) is 7.04. The number of methoxy groups -OCH3 is 1. The lowest BCUT2D eigenvalue weighted by atomic mass is 9.99. The van der Waals surface area contributed by atoms with Crippen molar-refractivity contribution in [3.05, 3.63) is 0 Å². The fourth-order valence-corrected chi connectivity index (χ4v) is 1.77. The van der Waals surface area contributed by atoms with Gasteiger partial charge in [0, 0.05) is 32.1 Å². The molecule has 1 N–H and O–H groups in total. The monoisotopic (exact) mass is 235 g/mol. The molecule has 0 spiro atoms. The molecule has 1 amide bonds. The predicted octanol–water partition coefficient (Wildman–Crippen LogP) is 0.783. The van der Waals surface area contributed by atoms with Gasteiger partial charge in [0.15, 0.2) is 0 Å². The lowest BCUT2D eigenvalue weighted by Crippen LogP contribution is -2.43. The number of ether oxygens (including phenoxy) is 2. The normalized spacial score (nSPS) is 19.9. The summed E-state index contributed by atoms with van der Waals surface area (Å²) in [7, 11) is 1.60. The van der Waals surface area contributed by atoms with E-state index in [1.165, 1.54) is 0 Å². The van der Waals surface area contributed by atoms with Crippen LogP contribution in [-0.4, -0.2) is 44.8 Å². The van der Waals surface area contributed by atoms with Gasteiger partial charge in [0.05, 0.1) is 12.6 Å². The second-order valence-corrected chi connectivity index (χ2v) is 4.01. The van der Waals surface area contributed by atoms with E-state index in [4.69, 9.17) is 21.1 Å². The van der Waals surface area contributed by atoms with E-state index in [1.54, 1.807) is 7.11 Å². The molecule has 1 rings (SSSR count). The molecule has 0 aromatic rings. The summed E-state index contributed by atoms with van der Waals surface area (Å²) in [5, 5.41) is 2.89. The highest BCUT2D eigenvalue weighted by Crippen LogP contribution is 2.14. The van der Waals surface area contributed by atoms with Crippen LogP contribution in [0.1, 0.15) is 12.8 Å². The first-order chi connectivity index (χ1) is 7.27. The summed E-state index contributed by atoms with van der Waals surface area (Å²) in [6.45, 7) is 1.81. The van der Waals surface area contributed by atoms with Crippen molar-refractivity contribution in [3.63, 3.8) is 0 Å². The van der Waals surface area contributed by atoms with Crippen LogP contribution in [-0.2, 0) is 14.3 Å². The molecule has 1 saturated heterocycles. The molecule has 0 aromatic heterocycles. The summed E-state index contributed by atoms with van der Waals surface area (Å²) in [5.74, 6) is 0.519. The van der Waals surface area contributed by atoms with Gasteiger partial charge < -0.3 is 14.8 Å². The van der Waals surface area contributed by atoms with E-state index in [9.17, 15) is 4.79 Å². The van der Waals surface area contributed by atoms with Crippen molar-refractivity contribution in [2.45, 2.75) is 18.9 Å². The Kier molecular flexibility index (Phi) is 5.98. The zero-order valence-electron chi connectivity index (χ0n) is 9.00. The van der Waals surface area contributed by atoms with E-state index < -0.39 is 0 Å². The molecule has 15 heavy (non-hydrogen) atoms. The summed E-state index contributed by atoms with van der Waals surface area (Å²) >= 11 is 5.71. The molecule has 1 aliphatic heterocycles. The lowest BCUT2D eigenvalue weighted by molar-refractivity contribution is -0.128. The molecule has 0 aromatic carbocycles. The van der Waals surface area contributed by atoms with Crippen molar-refractivity contribution in [3.8, 4) is 0 Å². The molecular formula is C10H18ClNO3. The van der Waals surface area contributed by atoms with E-state index >= 15 is 0 Å². The van der Waals surface area contributed by atoms with E-state index in [2.05, 4.69) is 5.32 Å². The Morgan fingerprint density at radius 3 is 2.80 bits per heavy atom. The van der Waals surface area contributed by atoms with Crippen molar-refractivity contribution < 1.29 is 14.3 Å². The minimum Gasteiger partial charge on any atom is -0.383 e. The van der Waals surface area contributed by atoms with Crippen molar-refractivity contribution >= 4 is 17.5 Å². The molecule has 4 nitrogen and oxygen atoms in total. The smallest absolute Gasteiger partial charge is 0.223 e. The Morgan fingerprint density at radius 1 is 1.60 bits per heavy atom. The Balaban J connectivity index is 2.31. The Labute approximate surface area is 95.3 Å². The highest BCUT2D eigenvalue weighted by Gasteiger charge is 2.23. The van der Waals surface area contributed by atoms with Crippen molar-refractivity contribution in [2.24, 2.45) is 5.92 Å². The van der Waals surface area contributed by atoms with Gasteiger partial charge in [-0.1, -0.05) is 0 Å². The Hall–Kier alpha value is -0.320. The molecule has 1 aliphatic rings. The number of halogens is 1. The second-order valence-electron chi connectivity index (χ2n) is 3.70. The number of alkyl halides is 1. The van der Waals surface area contributed by atoms with Crippen molar-refractivity contribution in [1.29, 1.82) is 0 Å². The average molecular weight is 236 g/mol. The first kappa shape index (κ1) is 12.7. The molecule has 0 aliphatic carbocycles. The first-order valence-electron chi connectivity index (χ1n) is 5.21. The molecule has 1 atom stereocenters. The quantitative estimate of drug-likeness (QED) is 0.717. The summed E-state index contributed by atoms with van der Waals surface area (Å²) in [4.78, 5) is 11.8. The van der Waals surface area contributed by atoms with E-state index in [-0.39, 0.29) is 17.9 Å². The van der Waals surface area contributed by atoms with Gasteiger partial charge in [-0.2, -0.15) is 0 Å². The zero-order chi connectivity index (χ0) is 11.1. The van der Waals surface area contributed by atoms with Gasteiger partial charge in [0.25, 0.3) is 0 Å². The van der Waals surface area contributed by atoms with Crippen LogP contribution in [0.5, 0.6) is 0 Å². The number of nitrogens with one attached hydrogen (secondary N) is 1. The van der Waals surface area contributed by atoms with Crippen LogP contribution in [0.3, 0.4) is 0 Å². The standard InChI is InChI=1S/C10H18ClNO3/c1-14-7-9(6-11)12-10(13)8-2-4-15-5-3-8/h8-9H,2-7H2,1H3,(H,12,13). The third-order valence-corrected chi connectivity index (χ3v) is 2.87. The minimum absolute atomic E-state index is 0.0704. The van der Waals surface area contributed by atoms with Gasteiger partial charge in [-0.25, -0.2) is 0 Å². The number of hydrogen-bond acceptors (Lipinski definition) is 3. The number of amides is 1. The maximum atomic E-state index is 11.8. The zero-order valence-corrected chi connectivity index (χ0v) is 9.76.